The first-order valence-corrected chi connectivity index (χ1v) is 26.7. The van der Waals surface area contributed by atoms with Gasteiger partial charge in [0, 0.05) is 0 Å². The average Bonchev–Trinajstić information content (AvgIpc) is 3.43. The van der Waals surface area contributed by atoms with Gasteiger partial charge >= 0.3 is 36.1 Å². The largest absolute Gasteiger partial charge is 0.424 e. The number of aromatic nitrogens is 6. The number of hydrogen-bond donors (Lipinski definition) is 0. The summed E-state index contributed by atoms with van der Waals surface area (Å²) >= 11 is 0. The van der Waals surface area contributed by atoms with Crippen LogP contribution in [0.2, 0.25) is 0 Å². The first kappa shape index (κ1) is 47.3. The molecular formula is C60H64N6O6. The molecule has 0 saturated heterocycles. The van der Waals surface area contributed by atoms with E-state index >= 15 is 0 Å². The summed E-state index contributed by atoms with van der Waals surface area (Å²) in [5.74, 6) is 5.64. The quantitative estimate of drug-likeness (QED) is 0.0913. The third kappa shape index (κ3) is 12.5. The van der Waals surface area contributed by atoms with Crippen molar-refractivity contribution in [1.29, 1.82) is 0 Å². The molecule has 12 heteroatoms. The van der Waals surface area contributed by atoms with Crippen LogP contribution in [0.4, 0.5) is 0 Å². The average molecular weight is 965 g/mol. The van der Waals surface area contributed by atoms with Crippen LogP contribution in [-0.4, -0.2) is 29.9 Å². The van der Waals surface area contributed by atoms with Gasteiger partial charge in [0.05, 0.1) is 0 Å². The number of rotatable bonds is 16. The van der Waals surface area contributed by atoms with E-state index in [4.69, 9.17) is 28.4 Å². The highest BCUT2D eigenvalue weighted by molar-refractivity contribution is 5.38. The van der Waals surface area contributed by atoms with Crippen LogP contribution in [0.5, 0.6) is 70.6 Å². The van der Waals surface area contributed by atoms with Gasteiger partial charge in [0.1, 0.15) is 34.5 Å². The molecule has 2 aromatic heterocycles. The highest BCUT2D eigenvalue weighted by Crippen LogP contribution is 2.39. The predicted molar refractivity (Wildman–Crippen MR) is 276 cm³/mol. The molecule has 4 aliphatic rings. The lowest BCUT2D eigenvalue weighted by molar-refractivity contribution is 0.357. The molecule has 0 spiro atoms. The molecule has 0 radical (unpaired) electrons. The van der Waals surface area contributed by atoms with Gasteiger partial charge in [-0.1, -0.05) is 126 Å². The minimum atomic E-state index is 0.000848. The van der Waals surface area contributed by atoms with Crippen molar-refractivity contribution in [2.24, 2.45) is 0 Å². The van der Waals surface area contributed by atoms with Gasteiger partial charge in [0.15, 0.2) is 0 Å². The van der Waals surface area contributed by atoms with E-state index in [2.05, 4.69) is 78.4 Å². The second kappa shape index (κ2) is 23.0. The molecule has 0 atom stereocenters. The summed E-state index contributed by atoms with van der Waals surface area (Å²) in [6.45, 7) is 0. The molecule has 4 aliphatic carbocycles. The first-order chi connectivity index (χ1) is 35.6. The van der Waals surface area contributed by atoms with E-state index in [1.54, 1.807) is 24.3 Å². The lowest BCUT2D eigenvalue weighted by Crippen LogP contribution is -2.05. The molecule has 0 amide bonds. The highest BCUT2D eigenvalue weighted by atomic mass is 16.5. The monoisotopic (exact) mass is 964 g/mol. The SMILES string of the molecule is c1cc(Oc2nc(Oc3ccc(C4CCCCC4)cc3)nc(Oc3ccc(C4CCCCC4)cc3)n2)ccc1Oc1nc(Oc2ccc(C3CCCCC3)cc2)nc(Oc2ccc(C3CCCCC3)cc2)n1. The van der Waals surface area contributed by atoms with Gasteiger partial charge in [0.25, 0.3) is 0 Å². The molecule has 0 bridgehead atoms. The second-order valence-electron chi connectivity index (χ2n) is 20.1. The van der Waals surface area contributed by atoms with Crippen LogP contribution in [0.1, 0.15) is 174 Å². The Morgan fingerprint density at radius 2 is 0.361 bits per heavy atom. The molecule has 7 aromatic rings. The number of nitrogens with zero attached hydrogens (tertiary/aromatic N) is 6. The summed E-state index contributed by atoms with van der Waals surface area (Å²) in [7, 11) is 0. The number of ether oxygens (including phenoxy) is 6. The van der Waals surface area contributed by atoms with Crippen molar-refractivity contribution in [2.45, 2.75) is 152 Å². The Bertz CT molecular complexity index is 2460. The zero-order valence-electron chi connectivity index (χ0n) is 41.1. The van der Waals surface area contributed by atoms with E-state index in [1.807, 2.05) is 48.5 Å². The molecule has 0 N–H and O–H groups in total. The van der Waals surface area contributed by atoms with E-state index in [0.29, 0.717) is 58.2 Å². The van der Waals surface area contributed by atoms with E-state index in [-0.39, 0.29) is 36.1 Å². The molecule has 2 heterocycles. The van der Waals surface area contributed by atoms with Crippen LogP contribution in [0.15, 0.2) is 121 Å². The molecule has 72 heavy (non-hydrogen) atoms. The fraction of sp³-hybridized carbons (Fsp3) is 0.400. The molecular weight excluding hydrogens is 901 g/mol. The predicted octanol–water partition coefficient (Wildman–Crippen LogP) is 17.0. The van der Waals surface area contributed by atoms with Crippen molar-refractivity contribution >= 4 is 0 Å². The molecule has 370 valence electrons. The van der Waals surface area contributed by atoms with Crippen molar-refractivity contribution in [3.63, 3.8) is 0 Å². The molecule has 12 nitrogen and oxygen atoms in total. The van der Waals surface area contributed by atoms with Gasteiger partial charge in [-0.05, 0) is 170 Å². The Labute approximate surface area is 423 Å². The Morgan fingerprint density at radius 1 is 0.208 bits per heavy atom. The van der Waals surface area contributed by atoms with Gasteiger partial charge in [-0.25, -0.2) is 0 Å². The summed E-state index contributed by atoms with van der Waals surface area (Å²) < 4.78 is 37.4. The minimum Gasteiger partial charge on any atom is -0.424 e. The Balaban J connectivity index is 0.810. The van der Waals surface area contributed by atoms with E-state index < -0.39 is 0 Å². The summed E-state index contributed by atoms with van der Waals surface area (Å²) in [5, 5.41) is 0. The number of benzene rings is 5. The van der Waals surface area contributed by atoms with Gasteiger partial charge in [0.2, 0.25) is 0 Å². The summed E-state index contributed by atoms with van der Waals surface area (Å²) in [5.41, 5.74) is 5.33. The van der Waals surface area contributed by atoms with Gasteiger partial charge in [-0.2, -0.15) is 0 Å². The van der Waals surface area contributed by atoms with E-state index in [1.165, 1.54) is 151 Å². The molecule has 0 unspecified atom stereocenters. The van der Waals surface area contributed by atoms with Crippen LogP contribution in [0.3, 0.4) is 0 Å². The van der Waals surface area contributed by atoms with Crippen LogP contribution >= 0.6 is 0 Å². The molecule has 5 aromatic carbocycles. The van der Waals surface area contributed by atoms with Crippen LogP contribution in [-0.2, 0) is 0 Å². The zero-order valence-corrected chi connectivity index (χ0v) is 41.1. The molecule has 4 fully saturated rings. The fourth-order valence-corrected chi connectivity index (χ4v) is 11.1. The van der Waals surface area contributed by atoms with Crippen molar-refractivity contribution in [3.8, 4) is 70.6 Å². The maximum absolute atomic E-state index is 6.24. The van der Waals surface area contributed by atoms with Gasteiger partial charge in [-0.3, -0.25) is 0 Å². The van der Waals surface area contributed by atoms with Crippen molar-refractivity contribution in [1.82, 2.24) is 29.9 Å². The van der Waals surface area contributed by atoms with Crippen molar-refractivity contribution < 1.29 is 28.4 Å². The van der Waals surface area contributed by atoms with Crippen molar-refractivity contribution in [2.75, 3.05) is 0 Å². The Hall–Kier alpha value is -7.08. The third-order valence-corrected chi connectivity index (χ3v) is 15.1. The summed E-state index contributed by atoms with van der Waals surface area (Å²) in [6, 6.07) is 40.1. The van der Waals surface area contributed by atoms with Crippen molar-refractivity contribution in [3.05, 3.63) is 144 Å². The smallest absolute Gasteiger partial charge is 0.331 e. The normalized spacial score (nSPS) is 17.2. The lowest BCUT2D eigenvalue weighted by Gasteiger charge is -2.22. The van der Waals surface area contributed by atoms with Gasteiger partial charge in [-0.15, -0.1) is 29.9 Å². The summed E-state index contributed by atoms with van der Waals surface area (Å²) in [6.07, 6.45) is 25.2. The second-order valence-corrected chi connectivity index (χ2v) is 20.1. The maximum Gasteiger partial charge on any atom is 0.331 e. The lowest BCUT2D eigenvalue weighted by atomic mass is 9.84. The van der Waals surface area contributed by atoms with Gasteiger partial charge < -0.3 is 28.4 Å². The Kier molecular flexibility index (Phi) is 15.1. The number of hydrogen-bond acceptors (Lipinski definition) is 12. The van der Waals surface area contributed by atoms with E-state index in [0.717, 1.165) is 0 Å². The van der Waals surface area contributed by atoms with E-state index in [9.17, 15) is 0 Å². The maximum atomic E-state index is 6.24. The molecule has 4 saturated carbocycles. The summed E-state index contributed by atoms with van der Waals surface area (Å²) in [4.78, 5) is 27.3. The molecule has 0 aliphatic heterocycles. The zero-order chi connectivity index (χ0) is 48.3. The highest BCUT2D eigenvalue weighted by Gasteiger charge is 2.21. The van der Waals surface area contributed by atoms with Crippen LogP contribution < -0.4 is 28.4 Å². The first-order valence-electron chi connectivity index (χ1n) is 26.7. The standard InChI is InChI=1S/C60H64N6O6/c1-5-13-41(14-6-1)45-21-29-49(30-22-45)67-55-61-56(68-50-31-23-46(24-32-50)42-15-7-2-8-16-42)64-59(63-55)71-53-37-39-54(40-38-53)72-60-65-57(69-51-33-25-47(26-34-51)43-17-9-3-10-18-43)62-58(66-60)70-52-35-27-48(28-36-52)44-19-11-4-12-20-44/h21-44H,1-20H2. The Morgan fingerprint density at radius 3 is 0.528 bits per heavy atom. The van der Waals surface area contributed by atoms with Crippen LogP contribution in [0.25, 0.3) is 0 Å². The minimum absolute atomic E-state index is 0.000848. The topological polar surface area (TPSA) is 133 Å². The van der Waals surface area contributed by atoms with Crippen LogP contribution in [0, 0.1) is 0 Å². The molecule has 11 rings (SSSR count). The third-order valence-electron chi connectivity index (χ3n) is 15.1. The fourth-order valence-electron chi connectivity index (χ4n) is 11.1.